The summed E-state index contributed by atoms with van der Waals surface area (Å²) in [6.07, 6.45) is 2.03. The maximum atomic E-state index is 13.5. The third kappa shape index (κ3) is 11.0. The number of rotatable bonds is 18. The van der Waals surface area contributed by atoms with Crippen LogP contribution in [0.3, 0.4) is 0 Å². The number of carbonyl (C=O) groups excluding carboxylic acids is 3. The van der Waals surface area contributed by atoms with Gasteiger partial charge in [0, 0.05) is 50.6 Å². The fraction of sp³-hybridized carbons (Fsp3) is 0.480. The number of aromatic nitrogens is 4. The standard InChI is InChI=1S/C25H32N6O11S2/c1-11(32)28-16(24(37)38)9-43-18(14-7-26-20(35)22(30-14)41-3)5-13(34)6-19(15-8-27-21(36)23(31-15)42-4)44-10-17(25(39)40)29-12(2)33/h7-8,16-19H,5-6,9-10H2,1-4H3,(H,26,35)(H,27,36)(H,28,32)(H,29,33)(H,37,38)(H,39,40). The number of hydrogen-bond acceptors (Lipinski definition) is 13. The average molecular weight is 657 g/mol. The number of aromatic amines is 2. The molecule has 2 amide bonds. The van der Waals surface area contributed by atoms with Crippen molar-refractivity contribution in [2.75, 3.05) is 25.7 Å². The summed E-state index contributed by atoms with van der Waals surface area (Å²) < 4.78 is 9.96. The maximum Gasteiger partial charge on any atom is 0.327 e. The van der Waals surface area contributed by atoms with Crippen molar-refractivity contribution in [3.05, 3.63) is 44.5 Å². The number of aliphatic carboxylic acids is 2. The first kappa shape index (κ1) is 35.8. The van der Waals surface area contributed by atoms with Crippen molar-refractivity contribution in [3.63, 3.8) is 0 Å². The van der Waals surface area contributed by atoms with Crippen molar-refractivity contribution >= 4 is 53.1 Å². The Morgan fingerprint density at radius 3 is 1.43 bits per heavy atom. The number of H-pyrrole nitrogens is 2. The van der Waals surface area contributed by atoms with E-state index >= 15 is 0 Å². The Morgan fingerprint density at radius 1 is 0.773 bits per heavy atom. The molecule has 0 saturated carbocycles. The second-order valence-corrected chi connectivity index (χ2v) is 11.6. The number of carbonyl (C=O) groups is 5. The molecule has 240 valence electrons. The van der Waals surface area contributed by atoms with Gasteiger partial charge in [-0.3, -0.25) is 24.0 Å². The quantitative estimate of drug-likeness (QED) is 0.120. The minimum absolute atomic E-state index is 0.163. The summed E-state index contributed by atoms with van der Waals surface area (Å²) in [6, 6.07) is -2.58. The number of methoxy groups -OCH3 is 2. The summed E-state index contributed by atoms with van der Waals surface area (Å²) in [7, 11) is 2.45. The summed E-state index contributed by atoms with van der Waals surface area (Å²) >= 11 is 1.99. The van der Waals surface area contributed by atoms with Gasteiger partial charge in [0.25, 0.3) is 11.8 Å². The fourth-order valence-corrected chi connectivity index (χ4v) is 6.16. The van der Waals surface area contributed by atoms with E-state index < -0.39 is 63.2 Å². The van der Waals surface area contributed by atoms with Crippen LogP contribution in [0.4, 0.5) is 0 Å². The molecule has 4 atom stereocenters. The predicted molar refractivity (Wildman–Crippen MR) is 158 cm³/mol. The summed E-state index contributed by atoms with van der Waals surface area (Å²) in [5.41, 5.74) is -0.878. The number of Topliss-reactive ketones (excluding diaryl/α,β-unsaturated/α-hetero) is 1. The molecule has 2 rings (SSSR count). The Morgan fingerprint density at radius 2 is 1.14 bits per heavy atom. The molecule has 17 nitrogen and oxygen atoms in total. The second-order valence-electron chi connectivity index (χ2n) is 9.10. The van der Waals surface area contributed by atoms with Crippen LogP contribution in [-0.4, -0.2) is 97.5 Å². The number of nitrogens with one attached hydrogen (secondary N) is 4. The lowest BCUT2D eigenvalue weighted by molar-refractivity contribution is -0.141. The van der Waals surface area contributed by atoms with Gasteiger partial charge in [-0.15, -0.1) is 23.5 Å². The molecular formula is C25H32N6O11S2. The van der Waals surface area contributed by atoms with E-state index in [0.29, 0.717) is 0 Å². The average Bonchev–Trinajstić information content (AvgIpc) is 2.95. The van der Waals surface area contributed by atoms with Crippen LogP contribution >= 0.6 is 23.5 Å². The molecule has 0 radical (unpaired) electrons. The van der Waals surface area contributed by atoms with Gasteiger partial charge < -0.3 is 40.3 Å². The minimum atomic E-state index is -1.30. The highest BCUT2D eigenvalue weighted by Crippen LogP contribution is 2.36. The monoisotopic (exact) mass is 656 g/mol. The zero-order valence-electron chi connectivity index (χ0n) is 24.1. The summed E-state index contributed by atoms with van der Waals surface area (Å²) in [6.45, 7) is 2.32. The van der Waals surface area contributed by atoms with E-state index in [9.17, 15) is 43.8 Å². The van der Waals surface area contributed by atoms with Gasteiger partial charge in [0.05, 0.1) is 36.1 Å². The number of carboxylic acids is 2. The van der Waals surface area contributed by atoms with Crippen LogP contribution in [0.25, 0.3) is 0 Å². The van der Waals surface area contributed by atoms with Gasteiger partial charge in [-0.1, -0.05) is 0 Å². The molecule has 0 aliphatic rings. The molecule has 2 aromatic heterocycles. The molecule has 0 aliphatic heterocycles. The van der Waals surface area contributed by atoms with Crippen molar-refractivity contribution < 1.29 is 43.7 Å². The van der Waals surface area contributed by atoms with Crippen LogP contribution in [0.2, 0.25) is 0 Å². The number of thioether (sulfide) groups is 2. The first-order valence-electron chi connectivity index (χ1n) is 12.8. The Balaban J connectivity index is 2.39. The van der Waals surface area contributed by atoms with E-state index in [-0.39, 0.29) is 47.5 Å². The minimum Gasteiger partial charge on any atom is -0.480 e. The first-order chi connectivity index (χ1) is 20.7. The van der Waals surface area contributed by atoms with Gasteiger partial charge in [0.1, 0.15) is 17.9 Å². The van der Waals surface area contributed by atoms with Crippen LogP contribution in [-0.2, 0) is 24.0 Å². The first-order valence-corrected chi connectivity index (χ1v) is 14.9. The van der Waals surface area contributed by atoms with E-state index in [1.165, 1.54) is 26.6 Å². The lowest BCUT2D eigenvalue weighted by Crippen LogP contribution is -2.41. The van der Waals surface area contributed by atoms with Crippen molar-refractivity contribution in [2.24, 2.45) is 0 Å². The highest BCUT2D eigenvalue weighted by molar-refractivity contribution is 7.99. The molecular weight excluding hydrogens is 624 g/mol. The Kier molecular flexibility index (Phi) is 13.9. The smallest absolute Gasteiger partial charge is 0.327 e. The number of hydrogen-bond donors (Lipinski definition) is 6. The van der Waals surface area contributed by atoms with Crippen molar-refractivity contribution in [2.45, 2.75) is 49.3 Å². The molecule has 19 heteroatoms. The largest absolute Gasteiger partial charge is 0.480 e. The molecule has 0 spiro atoms. The maximum absolute atomic E-state index is 13.5. The predicted octanol–water partition coefficient (Wildman–Crippen LogP) is -0.353. The van der Waals surface area contributed by atoms with E-state index in [1.54, 1.807) is 0 Å². The van der Waals surface area contributed by atoms with Crippen molar-refractivity contribution in [3.8, 4) is 11.8 Å². The zero-order chi connectivity index (χ0) is 33.0. The molecule has 4 unspecified atom stereocenters. The lowest BCUT2D eigenvalue weighted by atomic mass is 10.1. The van der Waals surface area contributed by atoms with E-state index in [4.69, 9.17) is 9.47 Å². The van der Waals surface area contributed by atoms with E-state index in [1.807, 2.05) is 0 Å². The number of carboxylic acid groups (broad SMARTS) is 2. The van der Waals surface area contributed by atoms with Gasteiger partial charge in [0.2, 0.25) is 11.8 Å². The Bertz CT molecular complexity index is 1370. The molecule has 6 N–H and O–H groups in total. The van der Waals surface area contributed by atoms with Crippen LogP contribution in [0, 0.1) is 0 Å². The molecule has 0 aromatic carbocycles. The molecule has 0 fully saturated rings. The van der Waals surface area contributed by atoms with Crippen LogP contribution in [0.1, 0.15) is 48.6 Å². The summed E-state index contributed by atoms with van der Waals surface area (Å²) in [5.74, 6) is -5.04. The molecule has 44 heavy (non-hydrogen) atoms. The second kappa shape index (κ2) is 17.0. The SMILES string of the molecule is COc1nc(C(CC(=O)CC(SCC(NC(C)=O)C(=O)O)c2c[nH]c(=O)c(OC)n2)SCC(NC(C)=O)C(=O)O)c[nH]c1=O. The zero-order valence-corrected chi connectivity index (χ0v) is 25.7. The van der Waals surface area contributed by atoms with E-state index in [0.717, 1.165) is 37.4 Å². The van der Waals surface area contributed by atoms with Crippen LogP contribution in [0.15, 0.2) is 22.0 Å². The van der Waals surface area contributed by atoms with Crippen molar-refractivity contribution in [1.29, 1.82) is 0 Å². The molecule has 0 aliphatic carbocycles. The number of nitrogens with zero attached hydrogens (tertiary/aromatic N) is 2. The van der Waals surface area contributed by atoms with E-state index in [2.05, 4.69) is 30.6 Å². The third-order valence-electron chi connectivity index (χ3n) is 5.70. The highest BCUT2D eigenvalue weighted by Gasteiger charge is 2.29. The fourth-order valence-electron chi connectivity index (χ4n) is 3.67. The molecule has 2 heterocycles. The molecule has 0 saturated heterocycles. The van der Waals surface area contributed by atoms with Crippen molar-refractivity contribution in [1.82, 2.24) is 30.6 Å². The third-order valence-corrected chi connectivity index (χ3v) is 8.38. The van der Waals surface area contributed by atoms with Gasteiger partial charge in [-0.2, -0.15) is 0 Å². The van der Waals surface area contributed by atoms with Gasteiger partial charge in [0.15, 0.2) is 0 Å². The number of amides is 2. The molecule has 2 aromatic rings. The summed E-state index contributed by atoms with van der Waals surface area (Å²) in [4.78, 5) is 97.1. The Hall–Kier alpha value is -4.39. The number of ketones is 1. The van der Waals surface area contributed by atoms with Gasteiger partial charge in [-0.25, -0.2) is 19.6 Å². The normalized spacial score (nSPS) is 13.5. The lowest BCUT2D eigenvalue weighted by Gasteiger charge is -2.21. The topological polar surface area (TPSA) is 260 Å². The summed E-state index contributed by atoms with van der Waals surface area (Å²) in [5, 5.41) is 22.0. The van der Waals surface area contributed by atoms with Crippen LogP contribution < -0.4 is 31.2 Å². The van der Waals surface area contributed by atoms with Crippen LogP contribution in [0.5, 0.6) is 11.8 Å². The van der Waals surface area contributed by atoms with Gasteiger partial charge >= 0.3 is 23.1 Å². The Labute approximate surface area is 258 Å². The number of ether oxygens (including phenoxy) is 2. The van der Waals surface area contributed by atoms with Gasteiger partial charge in [-0.05, 0) is 0 Å². The highest BCUT2D eigenvalue weighted by atomic mass is 32.2. The molecule has 0 bridgehead atoms.